The molecule has 0 radical (unpaired) electrons. The zero-order valence-electron chi connectivity index (χ0n) is 22.7. The molecule has 2 N–H and O–H groups in total. The maximum Gasteiger partial charge on any atom is 0.432 e. The summed E-state index contributed by atoms with van der Waals surface area (Å²) < 4.78 is 117. The van der Waals surface area contributed by atoms with Crippen molar-refractivity contribution in [2.24, 2.45) is 0 Å². The van der Waals surface area contributed by atoms with E-state index in [4.69, 9.17) is 0 Å². The number of alkyl halides is 5. The molecule has 0 fully saturated rings. The number of carbonyl (C=O) groups is 1. The van der Waals surface area contributed by atoms with Crippen LogP contribution in [-0.4, -0.2) is 36.8 Å². The molecule has 1 atom stereocenters. The Morgan fingerprint density at radius 3 is 1.54 bits per heavy atom. The average Bonchev–Trinajstić information content (AvgIpc) is 2.87. The number of hydrogen-bond acceptors (Lipinski definition) is 3. The second-order valence-corrected chi connectivity index (χ2v) is 18.4. The maximum atomic E-state index is 16.4. The van der Waals surface area contributed by atoms with Gasteiger partial charge >= 0.3 is 17.4 Å². The molecule has 0 bridgehead atoms. The van der Waals surface area contributed by atoms with Crippen molar-refractivity contribution in [2.45, 2.75) is 65.3 Å². The molecule has 0 saturated carbocycles. The molecule has 3 aromatic carbocycles. The van der Waals surface area contributed by atoms with Gasteiger partial charge in [0.2, 0.25) is 0 Å². The molecule has 3 aromatic rings. The van der Waals surface area contributed by atoms with E-state index in [0.29, 0.717) is 5.56 Å². The van der Waals surface area contributed by atoms with Gasteiger partial charge in [0.15, 0.2) is 8.66 Å². The van der Waals surface area contributed by atoms with Crippen LogP contribution in [0.3, 0.4) is 0 Å². The molecule has 224 valence electrons. The van der Waals surface area contributed by atoms with Crippen molar-refractivity contribution in [1.29, 1.82) is 0 Å². The number of ether oxygens (including phenoxy) is 1. The Bertz CT molecular complexity index is 1440. The number of hydrogen-bond donors (Lipinski definition) is 2. The van der Waals surface area contributed by atoms with Gasteiger partial charge in [0.05, 0.1) is 0 Å². The summed E-state index contributed by atoms with van der Waals surface area (Å²) in [6, 6.07) is 18.5. The molecule has 12 heteroatoms. The molecule has 0 heterocycles. The quantitative estimate of drug-likeness (QED) is 0.114. The van der Waals surface area contributed by atoms with Crippen LogP contribution in [0.15, 0.2) is 112 Å². The Balaban J connectivity index is 2.56. The average molecular weight is 619 g/mol. The Morgan fingerprint density at radius 2 is 1.20 bits per heavy atom. The highest BCUT2D eigenvalue weighted by atomic mass is 33.2. The highest BCUT2D eigenvalue weighted by Crippen LogP contribution is 2.83. The van der Waals surface area contributed by atoms with E-state index in [1.807, 2.05) is 20.8 Å². The van der Waals surface area contributed by atoms with Gasteiger partial charge in [-0.25, -0.2) is 9.00 Å². The van der Waals surface area contributed by atoms with Crippen molar-refractivity contribution < 1.29 is 44.8 Å². The number of benzene rings is 3. The van der Waals surface area contributed by atoms with Crippen molar-refractivity contribution in [3.63, 3.8) is 0 Å². The first-order valence-corrected chi connectivity index (χ1v) is 16.2. The van der Waals surface area contributed by atoms with Crippen LogP contribution >= 0.6 is 9.06 Å². The van der Waals surface area contributed by atoms with Gasteiger partial charge in [0.25, 0.3) is 6.10 Å². The molecule has 0 aliphatic rings. The largest absolute Gasteiger partial charge is 0.441 e. The minimum absolute atomic E-state index is 0.322. The minimum Gasteiger partial charge on any atom is -0.441 e. The smallest absolute Gasteiger partial charge is 0.432 e. The second-order valence-electron chi connectivity index (χ2n) is 10.4. The standard InChI is InChI=1S/C29H31F5O5S2/c1-20(2)25(35)39-26(28(30,31)32)29(33,34)41(36,37,38)40(22-12-8-6-9-13-22,23-14-10-7-11-15-23)24-18-16-21(17-19-24)27(3,4)5/h6-19,26H,1H2,2-5H3,(H2,36,37,38). The van der Waals surface area contributed by atoms with Gasteiger partial charge in [0.1, 0.15) is 0 Å². The molecule has 0 aliphatic carbocycles. The fraction of sp³-hybridized carbons (Fsp3) is 0.276. The molecule has 0 aromatic heterocycles. The fourth-order valence-electron chi connectivity index (χ4n) is 4.18. The molecule has 0 aliphatic heterocycles. The molecular formula is C29H31F5O5S2. The second kappa shape index (κ2) is 10.6. The van der Waals surface area contributed by atoms with E-state index in [9.17, 15) is 31.3 Å². The molecule has 3 rings (SSSR count). The summed E-state index contributed by atoms with van der Waals surface area (Å²) in [5.74, 6) is -1.88. The van der Waals surface area contributed by atoms with E-state index >= 15 is 8.78 Å². The summed E-state index contributed by atoms with van der Waals surface area (Å²) in [5, 5.41) is -5.98. The lowest BCUT2D eigenvalue weighted by atomic mass is 9.87. The maximum absolute atomic E-state index is 16.4. The van der Waals surface area contributed by atoms with E-state index in [1.54, 1.807) is 0 Å². The van der Waals surface area contributed by atoms with Crippen molar-refractivity contribution in [3.8, 4) is 0 Å². The first-order valence-electron chi connectivity index (χ1n) is 12.2. The third kappa shape index (κ3) is 5.45. The number of carbonyl (C=O) groups excluding carboxylic acids is 1. The van der Waals surface area contributed by atoms with Gasteiger partial charge in [-0.15, -0.1) is 0 Å². The summed E-state index contributed by atoms with van der Waals surface area (Å²) in [6.07, 6.45) is -10.6. The van der Waals surface area contributed by atoms with Crippen molar-refractivity contribution in [3.05, 3.63) is 103 Å². The summed E-state index contributed by atoms with van der Waals surface area (Å²) in [4.78, 5) is 11.1. The Morgan fingerprint density at radius 1 is 0.805 bits per heavy atom. The predicted octanol–water partition coefficient (Wildman–Crippen LogP) is 8.59. The zero-order valence-corrected chi connectivity index (χ0v) is 24.3. The van der Waals surface area contributed by atoms with Gasteiger partial charge in [0, 0.05) is 20.3 Å². The molecule has 1 unspecified atom stereocenters. The monoisotopic (exact) mass is 618 g/mol. The highest BCUT2D eigenvalue weighted by Gasteiger charge is 2.77. The van der Waals surface area contributed by atoms with Crippen LogP contribution in [0.2, 0.25) is 0 Å². The number of halogens is 5. The fourth-order valence-corrected chi connectivity index (χ4v) is 13.9. The van der Waals surface area contributed by atoms with Crippen LogP contribution in [0.25, 0.3) is 0 Å². The minimum atomic E-state index is -7.97. The van der Waals surface area contributed by atoms with Crippen molar-refractivity contribution >= 4 is 23.7 Å². The third-order valence-electron chi connectivity index (χ3n) is 6.29. The predicted molar refractivity (Wildman–Crippen MR) is 150 cm³/mol. The summed E-state index contributed by atoms with van der Waals surface area (Å²) in [6.45, 7) is 9.59. The van der Waals surface area contributed by atoms with Crippen LogP contribution in [-0.2, 0) is 23.6 Å². The Labute approximate surface area is 236 Å². The summed E-state index contributed by atoms with van der Waals surface area (Å²) >= 11 is 0. The first kappa shape index (κ1) is 32.5. The molecular weight excluding hydrogens is 587 g/mol. The summed E-state index contributed by atoms with van der Waals surface area (Å²) in [7, 11) is -12.6. The normalized spacial score (nSPS) is 15.3. The van der Waals surface area contributed by atoms with E-state index in [-0.39, 0.29) is 14.7 Å². The molecule has 0 saturated heterocycles. The highest BCUT2D eigenvalue weighted by molar-refractivity contribution is 8.97. The molecule has 0 amide bonds. The molecule has 5 nitrogen and oxygen atoms in total. The van der Waals surface area contributed by atoms with Gasteiger partial charge < -0.3 is 4.74 Å². The van der Waals surface area contributed by atoms with Gasteiger partial charge in [-0.3, -0.25) is 9.11 Å². The van der Waals surface area contributed by atoms with E-state index in [1.165, 1.54) is 84.9 Å². The van der Waals surface area contributed by atoms with Gasteiger partial charge in [-0.1, -0.05) is 84.9 Å². The lowest BCUT2D eigenvalue weighted by Crippen LogP contribution is -2.63. The van der Waals surface area contributed by atoms with E-state index in [0.717, 1.165) is 6.92 Å². The van der Waals surface area contributed by atoms with Crippen molar-refractivity contribution in [1.82, 2.24) is 0 Å². The lowest BCUT2D eigenvalue weighted by Gasteiger charge is -2.57. The van der Waals surface area contributed by atoms with Gasteiger partial charge in [-0.05, 0) is 54.3 Å². The van der Waals surface area contributed by atoms with Gasteiger partial charge in [-0.2, -0.15) is 22.0 Å². The molecule has 0 spiro atoms. The van der Waals surface area contributed by atoms with Crippen LogP contribution in [0, 0.1) is 0 Å². The van der Waals surface area contributed by atoms with Crippen LogP contribution in [0.1, 0.15) is 33.3 Å². The topological polar surface area (TPSA) is 83.8 Å². The van der Waals surface area contributed by atoms with Crippen LogP contribution in [0.4, 0.5) is 22.0 Å². The van der Waals surface area contributed by atoms with E-state index in [2.05, 4.69) is 11.3 Å². The van der Waals surface area contributed by atoms with Crippen molar-refractivity contribution in [2.75, 3.05) is 0 Å². The number of esters is 1. The first-order chi connectivity index (χ1) is 18.7. The van der Waals surface area contributed by atoms with E-state index < -0.39 is 52.2 Å². The number of rotatable bonds is 8. The van der Waals surface area contributed by atoms with Crippen LogP contribution < -0.4 is 0 Å². The SMILES string of the molecule is C=C(C)C(=O)OC(C(F)(F)F)C(F)(F)S(=O)(O)(O)S(c1ccccc1)(c1ccccc1)c1ccc(C(C)(C)C)cc1. The van der Waals surface area contributed by atoms with Crippen LogP contribution in [0.5, 0.6) is 0 Å². The summed E-state index contributed by atoms with van der Waals surface area (Å²) in [5.41, 5.74) is -0.431. The Kier molecular flexibility index (Phi) is 8.43. The Hall–Kier alpha value is -3.06. The lowest BCUT2D eigenvalue weighted by molar-refractivity contribution is -0.258. The third-order valence-corrected chi connectivity index (χ3v) is 16.3. The molecule has 41 heavy (non-hydrogen) atoms. The zero-order chi connectivity index (χ0) is 31.1.